The highest BCUT2D eigenvalue weighted by atomic mass is 15.2. The van der Waals surface area contributed by atoms with E-state index >= 15 is 0 Å². The van der Waals surface area contributed by atoms with Crippen molar-refractivity contribution in [3.63, 3.8) is 0 Å². The first-order valence-electron chi connectivity index (χ1n) is 15.0. The third-order valence-electron chi connectivity index (χ3n) is 8.39. The number of fused-ring (bicyclic) bond motifs is 3. The summed E-state index contributed by atoms with van der Waals surface area (Å²) >= 11 is 0. The van der Waals surface area contributed by atoms with E-state index in [1.165, 1.54) is 44.1 Å². The summed E-state index contributed by atoms with van der Waals surface area (Å²) in [5.41, 5.74) is 11.6. The first kappa shape index (κ1) is 25.8. The number of rotatable bonds is 6. The fourth-order valence-electron chi connectivity index (χ4n) is 6.32. The summed E-state index contributed by atoms with van der Waals surface area (Å²) < 4.78 is 2.43. The number of hydrogen-bond acceptors (Lipinski definition) is 1. The van der Waals surface area contributed by atoms with Crippen molar-refractivity contribution in [2.45, 2.75) is 0 Å². The lowest BCUT2D eigenvalue weighted by Gasteiger charge is -2.29. The van der Waals surface area contributed by atoms with Gasteiger partial charge in [-0.1, -0.05) is 133 Å². The molecule has 2 nitrogen and oxygen atoms in total. The highest BCUT2D eigenvalue weighted by Crippen LogP contribution is 2.43. The van der Waals surface area contributed by atoms with E-state index in [-0.39, 0.29) is 0 Å². The van der Waals surface area contributed by atoms with Crippen LogP contribution >= 0.6 is 0 Å². The Bertz CT molecular complexity index is 2140. The molecule has 0 aliphatic rings. The lowest BCUT2D eigenvalue weighted by atomic mass is 10.0. The topological polar surface area (TPSA) is 8.17 Å². The van der Waals surface area contributed by atoms with Gasteiger partial charge < -0.3 is 9.47 Å². The Balaban J connectivity index is 1.40. The molecule has 1 heterocycles. The van der Waals surface area contributed by atoms with Gasteiger partial charge >= 0.3 is 0 Å². The fourth-order valence-corrected chi connectivity index (χ4v) is 6.32. The molecule has 8 rings (SSSR count). The van der Waals surface area contributed by atoms with Gasteiger partial charge in [-0.15, -0.1) is 0 Å². The predicted molar refractivity (Wildman–Crippen MR) is 186 cm³/mol. The fraction of sp³-hybridized carbons (Fsp3) is 0. The smallest absolute Gasteiger partial charge is 0.0709 e. The third kappa shape index (κ3) is 4.54. The van der Waals surface area contributed by atoms with E-state index < -0.39 is 0 Å². The molecule has 0 amide bonds. The highest BCUT2D eigenvalue weighted by molar-refractivity contribution is 6.10. The Kier molecular flexibility index (Phi) is 6.51. The molecule has 44 heavy (non-hydrogen) atoms. The minimum Gasteiger partial charge on any atom is -0.308 e. The van der Waals surface area contributed by atoms with Gasteiger partial charge in [0, 0.05) is 22.1 Å². The zero-order chi connectivity index (χ0) is 29.3. The average molecular weight is 563 g/mol. The molecule has 8 aromatic rings. The maximum atomic E-state index is 2.43. The minimum absolute atomic E-state index is 1.10. The summed E-state index contributed by atoms with van der Waals surface area (Å²) in [4.78, 5) is 2.38. The van der Waals surface area contributed by atoms with E-state index in [0.717, 1.165) is 22.7 Å². The number of aromatic nitrogens is 1. The van der Waals surface area contributed by atoms with E-state index in [0.29, 0.717) is 0 Å². The Morgan fingerprint density at radius 3 is 1.36 bits per heavy atom. The van der Waals surface area contributed by atoms with Crippen molar-refractivity contribution in [2.75, 3.05) is 4.90 Å². The van der Waals surface area contributed by atoms with Crippen molar-refractivity contribution in [2.24, 2.45) is 0 Å². The van der Waals surface area contributed by atoms with Crippen LogP contribution in [0.2, 0.25) is 0 Å². The largest absolute Gasteiger partial charge is 0.308 e. The van der Waals surface area contributed by atoms with E-state index in [2.05, 4.69) is 191 Å². The summed E-state index contributed by atoms with van der Waals surface area (Å²) in [6.45, 7) is 0. The average Bonchev–Trinajstić information content (AvgIpc) is 3.44. The molecule has 0 aliphatic heterocycles. The molecule has 0 aliphatic carbocycles. The molecule has 0 saturated carbocycles. The molecule has 0 fully saturated rings. The monoisotopic (exact) mass is 562 g/mol. The zero-order valence-electron chi connectivity index (χ0n) is 24.2. The van der Waals surface area contributed by atoms with Crippen molar-refractivity contribution in [3.05, 3.63) is 182 Å². The van der Waals surface area contributed by atoms with Gasteiger partial charge in [-0.3, -0.25) is 0 Å². The number of hydrogen-bond donors (Lipinski definition) is 0. The van der Waals surface area contributed by atoms with Crippen molar-refractivity contribution < 1.29 is 0 Å². The van der Waals surface area contributed by atoms with Crippen LogP contribution in [-0.4, -0.2) is 4.57 Å². The van der Waals surface area contributed by atoms with Crippen LogP contribution < -0.4 is 4.90 Å². The highest BCUT2D eigenvalue weighted by Gasteiger charge is 2.21. The zero-order valence-corrected chi connectivity index (χ0v) is 24.2. The van der Waals surface area contributed by atoms with Gasteiger partial charge in [0.2, 0.25) is 0 Å². The quantitative estimate of drug-likeness (QED) is 0.196. The molecule has 0 bridgehead atoms. The summed E-state index contributed by atoms with van der Waals surface area (Å²) in [7, 11) is 0. The first-order valence-corrected chi connectivity index (χ1v) is 15.0. The second-order valence-corrected chi connectivity index (χ2v) is 11.0. The molecule has 0 spiro atoms. The van der Waals surface area contributed by atoms with Crippen LogP contribution in [0.25, 0.3) is 49.7 Å². The molecule has 0 atom stereocenters. The van der Waals surface area contributed by atoms with E-state index in [4.69, 9.17) is 0 Å². The first-order chi connectivity index (χ1) is 21.8. The molecule has 7 aromatic carbocycles. The van der Waals surface area contributed by atoms with E-state index in [1.54, 1.807) is 0 Å². The maximum Gasteiger partial charge on any atom is 0.0709 e. The maximum absolute atomic E-state index is 2.43. The normalized spacial score (nSPS) is 11.2. The number of para-hydroxylation sites is 3. The SMILES string of the molecule is c1ccc(-c2ccc(N(c3ccccc3)c3ccc(-c4ccccc4)cc3-n3c4ccccc4c4ccccc43)cc2)cc1. The van der Waals surface area contributed by atoms with Crippen molar-refractivity contribution in [3.8, 4) is 27.9 Å². The second kappa shape index (κ2) is 11.1. The lowest BCUT2D eigenvalue weighted by Crippen LogP contribution is -2.13. The number of anilines is 3. The Morgan fingerprint density at radius 1 is 0.341 bits per heavy atom. The van der Waals surface area contributed by atoms with Crippen LogP contribution in [-0.2, 0) is 0 Å². The van der Waals surface area contributed by atoms with E-state index in [1.807, 2.05) is 0 Å². The van der Waals surface area contributed by atoms with Gasteiger partial charge in [0.1, 0.15) is 0 Å². The van der Waals surface area contributed by atoms with Gasteiger partial charge in [0.25, 0.3) is 0 Å². The summed E-state index contributed by atoms with van der Waals surface area (Å²) in [6.07, 6.45) is 0. The second-order valence-electron chi connectivity index (χ2n) is 11.0. The number of nitrogens with zero attached hydrogens (tertiary/aromatic N) is 2. The van der Waals surface area contributed by atoms with Crippen molar-refractivity contribution >= 4 is 38.9 Å². The lowest BCUT2D eigenvalue weighted by molar-refractivity contribution is 1.15. The molecule has 2 heteroatoms. The van der Waals surface area contributed by atoms with Crippen molar-refractivity contribution in [1.29, 1.82) is 0 Å². The standard InChI is InChI=1S/C42H30N2/c1-4-14-31(15-5-1)33-24-27-36(28-25-33)43(35-18-8-3-9-19-35)41-29-26-34(32-16-6-2-7-17-32)30-42(41)44-39-22-12-10-20-37(39)38-21-11-13-23-40(38)44/h1-30H. The Labute approximate surface area is 257 Å². The predicted octanol–water partition coefficient (Wildman–Crippen LogP) is 11.6. The van der Waals surface area contributed by atoms with Gasteiger partial charge in [0.05, 0.1) is 22.4 Å². The molecule has 0 unspecified atom stereocenters. The van der Waals surface area contributed by atoms with Crippen LogP contribution in [0.15, 0.2) is 182 Å². The van der Waals surface area contributed by atoms with E-state index in [9.17, 15) is 0 Å². The number of benzene rings is 7. The molecule has 0 N–H and O–H groups in total. The molecular weight excluding hydrogens is 532 g/mol. The van der Waals surface area contributed by atoms with Gasteiger partial charge in [-0.2, -0.15) is 0 Å². The Hall–Kier alpha value is -5.86. The molecule has 1 aromatic heterocycles. The van der Waals surface area contributed by atoms with Gasteiger partial charge in [0.15, 0.2) is 0 Å². The molecule has 0 radical (unpaired) electrons. The van der Waals surface area contributed by atoms with Crippen molar-refractivity contribution in [1.82, 2.24) is 4.57 Å². The minimum atomic E-state index is 1.10. The van der Waals surface area contributed by atoms with Crippen LogP contribution in [0.5, 0.6) is 0 Å². The Morgan fingerprint density at radius 2 is 0.773 bits per heavy atom. The van der Waals surface area contributed by atoms with Gasteiger partial charge in [-0.05, 0) is 70.8 Å². The van der Waals surface area contributed by atoms with Gasteiger partial charge in [-0.25, -0.2) is 0 Å². The summed E-state index contributed by atoms with van der Waals surface area (Å²) in [5.74, 6) is 0. The molecule has 0 saturated heterocycles. The van der Waals surface area contributed by atoms with Crippen LogP contribution in [0, 0.1) is 0 Å². The molecule has 208 valence electrons. The summed E-state index contributed by atoms with van der Waals surface area (Å²) in [5, 5.41) is 2.50. The molecular formula is C42H30N2. The van der Waals surface area contributed by atoms with Crippen LogP contribution in [0.3, 0.4) is 0 Å². The van der Waals surface area contributed by atoms with Crippen LogP contribution in [0.1, 0.15) is 0 Å². The van der Waals surface area contributed by atoms with Crippen LogP contribution in [0.4, 0.5) is 17.1 Å². The summed E-state index contributed by atoms with van der Waals surface area (Å²) in [6, 6.07) is 65.1. The third-order valence-corrected chi connectivity index (χ3v) is 8.39.